The number of carboxylic acid groups (broad SMARTS) is 1. The topological polar surface area (TPSA) is 60.8 Å². The molecule has 1 heterocycles. The molecule has 0 spiro atoms. The van der Waals surface area contributed by atoms with Gasteiger partial charge < -0.3 is 10.2 Å². The number of aliphatic carboxylic acids is 1. The van der Waals surface area contributed by atoms with Crippen LogP contribution in [0, 0.1) is 17.2 Å². The Morgan fingerprint density at radius 2 is 2.21 bits per heavy atom. The quantitative estimate of drug-likeness (QED) is 0.817. The van der Waals surface area contributed by atoms with Gasteiger partial charge in [-0.25, -0.2) is 4.39 Å². The molecule has 6 heteroatoms. The highest BCUT2D eigenvalue weighted by Crippen LogP contribution is 2.37. The lowest BCUT2D eigenvalue weighted by Gasteiger charge is -2.43. The number of hydrogen-bond acceptors (Lipinski definition) is 3. The molecule has 0 saturated carbocycles. The number of benzene rings is 1. The van der Waals surface area contributed by atoms with E-state index < -0.39 is 17.5 Å². The second-order valence-electron chi connectivity index (χ2n) is 7.14. The van der Waals surface area contributed by atoms with Gasteiger partial charge in [0.15, 0.2) is 0 Å². The Labute approximate surface area is 147 Å². The van der Waals surface area contributed by atoms with Crippen LogP contribution in [-0.2, 0) is 11.3 Å². The van der Waals surface area contributed by atoms with Gasteiger partial charge in [-0.1, -0.05) is 25.4 Å². The monoisotopic (exact) mass is 357 g/mol. The molecule has 1 aliphatic heterocycles. The Morgan fingerprint density at radius 1 is 1.50 bits per heavy atom. The van der Waals surface area contributed by atoms with E-state index in [0.717, 1.165) is 6.42 Å². The van der Waals surface area contributed by atoms with Crippen molar-refractivity contribution in [2.75, 3.05) is 13.1 Å². The molecule has 0 aromatic heterocycles. The minimum atomic E-state index is -1.20. The second kappa shape index (κ2) is 7.81. The molecule has 4 nitrogen and oxygen atoms in total. The molecule has 1 saturated heterocycles. The number of nitrogens with zero attached hydrogens (tertiary/aromatic N) is 1. The lowest BCUT2D eigenvalue weighted by Crippen LogP contribution is -2.55. The number of rotatable bonds is 6. The van der Waals surface area contributed by atoms with Crippen LogP contribution >= 0.6 is 11.6 Å². The van der Waals surface area contributed by atoms with Crippen molar-refractivity contribution in [3.05, 3.63) is 34.6 Å². The van der Waals surface area contributed by atoms with Crippen LogP contribution in [0.2, 0.25) is 5.02 Å². The van der Waals surface area contributed by atoms with Crippen LogP contribution in [-0.4, -0.2) is 40.3 Å². The van der Waals surface area contributed by atoms with Crippen LogP contribution in [0.4, 0.5) is 4.39 Å². The minimum Gasteiger partial charge on any atom is -0.481 e. The fourth-order valence-electron chi connectivity index (χ4n) is 3.31. The third kappa shape index (κ3) is 4.26. The van der Waals surface area contributed by atoms with Crippen LogP contribution < -0.4 is 0 Å². The SMILES string of the molecule is CC(C)CC[C@@]1(C(=O)O)CN(Cc2cc(Cl)ccc2F)CC[C@H]1O. The zero-order valence-electron chi connectivity index (χ0n) is 14.1. The van der Waals surface area contributed by atoms with E-state index in [4.69, 9.17) is 11.6 Å². The Morgan fingerprint density at radius 3 is 2.83 bits per heavy atom. The summed E-state index contributed by atoms with van der Waals surface area (Å²) < 4.78 is 14.0. The van der Waals surface area contributed by atoms with Crippen LogP contribution in [0.15, 0.2) is 18.2 Å². The molecule has 2 rings (SSSR count). The third-order valence-electron chi connectivity index (χ3n) is 4.86. The molecule has 0 unspecified atom stereocenters. The van der Waals surface area contributed by atoms with Gasteiger partial charge in [-0.15, -0.1) is 0 Å². The average Bonchev–Trinajstić information content (AvgIpc) is 2.51. The maximum atomic E-state index is 14.0. The molecular formula is C18H25ClFNO3. The third-order valence-corrected chi connectivity index (χ3v) is 5.09. The van der Waals surface area contributed by atoms with Gasteiger partial charge in [0.1, 0.15) is 11.2 Å². The zero-order chi connectivity index (χ0) is 17.9. The van der Waals surface area contributed by atoms with E-state index in [0.29, 0.717) is 35.9 Å². The average molecular weight is 358 g/mol. The summed E-state index contributed by atoms with van der Waals surface area (Å²) >= 11 is 5.93. The van der Waals surface area contributed by atoms with Gasteiger partial charge in [0.05, 0.1) is 6.10 Å². The number of carbonyl (C=O) groups is 1. The van der Waals surface area contributed by atoms with Crippen molar-refractivity contribution < 1.29 is 19.4 Å². The molecule has 0 aliphatic carbocycles. The lowest BCUT2D eigenvalue weighted by molar-refractivity contribution is -0.165. The normalized spacial score (nSPS) is 25.2. The molecule has 2 atom stereocenters. The van der Waals surface area contributed by atoms with Crippen molar-refractivity contribution in [2.45, 2.75) is 45.8 Å². The fourth-order valence-corrected chi connectivity index (χ4v) is 3.51. The summed E-state index contributed by atoms with van der Waals surface area (Å²) in [6.07, 6.45) is 0.625. The first-order valence-electron chi connectivity index (χ1n) is 8.32. The van der Waals surface area contributed by atoms with Gasteiger partial charge in [0.2, 0.25) is 0 Å². The van der Waals surface area contributed by atoms with E-state index in [1.165, 1.54) is 12.1 Å². The Hall–Kier alpha value is -1.17. The zero-order valence-corrected chi connectivity index (χ0v) is 14.9. The smallest absolute Gasteiger partial charge is 0.313 e. The van der Waals surface area contributed by atoms with Crippen LogP contribution in [0.25, 0.3) is 0 Å². The Bertz CT molecular complexity index is 596. The van der Waals surface area contributed by atoms with E-state index in [1.54, 1.807) is 6.07 Å². The van der Waals surface area contributed by atoms with Crippen molar-refractivity contribution in [1.29, 1.82) is 0 Å². The van der Waals surface area contributed by atoms with E-state index in [1.807, 2.05) is 18.7 Å². The lowest BCUT2D eigenvalue weighted by atomic mass is 9.72. The number of hydrogen-bond donors (Lipinski definition) is 2. The molecule has 1 aromatic rings. The van der Waals surface area contributed by atoms with E-state index in [2.05, 4.69) is 0 Å². The second-order valence-corrected chi connectivity index (χ2v) is 7.58. The van der Waals surface area contributed by atoms with Crippen LogP contribution in [0.1, 0.15) is 38.7 Å². The predicted molar refractivity (Wildman–Crippen MR) is 91.5 cm³/mol. The van der Waals surface area contributed by atoms with Crippen molar-refractivity contribution >= 4 is 17.6 Å². The predicted octanol–water partition coefficient (Wildman–Crippen LogP) is 3.55. The van der Waals surface area contributed by atoms with E-state index in [9.17, 15) is 19.4 Å². The van der Waals surface area contributed by atoms with Gasteiger partial charge in [0.25, 0.3) is 0 Å². The van der Waals surface area contributed by atoms with Gasteiger partial charge in [0, 0.05) is 30.2 Å². The molecule has 0 bridgehead atoms. The van der Waals surface area contributed by atoms with Gasteiger partial charge in [-0.3, -0.25) is 9.69 Å². The molecule has 1 fully saturated rings. The number of halogens is 2. The molecule has 134 valence electrons. The number of likely N-dealkylation sites (tertiary alicyclic amines) is 1. The first-order valence-corrected chi connectivity index (χ1v) is 8.70. The highest BCUT2D eigenvalue weighted by molar-refractivity contribution is 6.30. The minimum absolute atomic E-state index is 0.210. The maximum Gasteiger partial charge on any atom is 0.313 e. The number of piperidine rings is 1. The molecule has 0 radical (unpaired) electrons. The molecule has 1 aromatic carbocycles. The van der Waals surface area contributed by atoms with Gasteiger partial charge >= 0.3 is 5.97 Å². The van der Waals surface area contributed by atoms with Crippen molar-refractivity contribution in [3.8, 4) is 0 Å². The molecule has 2 N–H and O–H groups in total. The summed E-state index contributed by atoms with van der Waals surface area (Å²) in [5.41, 5.74) is -0.751. The molecular weight excluding hydrogens is 333 g/mol. The van der Waals surface area contributed by atoms with Crippen LogP contribution in [0.3, 0.4) is 0 Å². The summed E-state index contributed by atoms with van der Waals surface area (Å²) in [7, 11) is 0. The first-order chi connectivity index (χ1) is 11.2. The highest BCUT2D eigenvalue weighted by Gasteiger charge is 2.48. The van der Waals surface area contributed by atoms with Crippen molar-refractivity contribution in [1.82, 2.24) is 4.90 Å². The summed E-state index contributed by atoms with van der Waals surface area (Å²) in [5, 5.41) is 20.6. The van der Waals surface area contributed by atoms with Crippen molar-refractivity contribution in [3.63, 3.8) is 0 Å². The summed E-state index contributed by atoms with van der Waals surface area (Å²) in [4.78, 5) is 13.8. The Balaban J connectivity index is 2.18. The molecule has 24 heavy (non-hydrogen) atoms. The molecule has 0 amide bonds. The number of carboxylic acids is 1. The van der Waals surface area contributed by atoms with Gasteiger partial charge in [-0.2, -0.15) is 0 Å². The highest BCUT2D eigenvalue weighted by atomic mass is 35.5. The maximum absolute atomic E-state index is 14.0. The first kappa shape index (κ1) is 19.2. The molecule has 1 aliphatic rings. The summed E-state index contributed by atoms with van der Waals surface area (Å²) in [6, 6.07) is 4.38. The van der Waals surface area contributed by atoms with E-state index >= 15 is 0 Å². The fraction of sp³-hybridized carbons (Fsp3) is 0.611. The summed E-state index contributed by atoms with van der Waals surface area (Å²) in [5.74, 6) is -0.977. The van der Waals surface area contributed by atoms with Gasteiger partial charge in [-0.05, 0) is 43.4 Å². The number of aliphatic hydroxyl groups excluding tert-OH is 1. The van der Waals surface area contributed by atoms with Crippen molar-refractivity contribution in [2.24, 2.45) is 11.3 Å². The standard InChI is InChI=1S/C18H25ClFNO3/c1-12(2)5-7-18(17(23)24)11-21(8-6-16(18)22)10-13-9-14(19)3-4-15(13)20/h3-4,9,12,16,22H,5-8,10-11H2,1-2H3,(H,23,24)/t16-,18-/m1/s1. The summed E-state index contributed by atoms with van der Waals surface area (Å²) in [6.45, 7) is 5.09. The Kier molecular flexibility index (Phi) is 6.23. The number of aliphatic hydroxyl groups is 1. The van der Waals surface area contributed by atoms with E-state index in [-0.39, 0.29) is 18.9 Å². The van der Waals surface area contributed by atoms with Crippen LogP contribution in [0.5, 0.6) is 0 Å². The largest absolute Gasteiger partial charge is 0.481 e.